The second-order valence-electron chi connectivity index (χ2n) is 6.61. The van der Waals surface area contributed by atoms with E-state index in [0.717, 1.165) is 0 Å². The number of benzene rings is 1. The first kappa shape index (κ1) is 22.5. The number of nitrogens with zero attached hydrogens (tertiary/aromatic N) is 1. The molecule has 2 aromatic rings. The third-order valence-electron chi connectivity index (χ3n) is 4.93. The lowest BCUT2D eigenvalue weighted by molar-refractivity contribution is -0.138. The van der Waals surface area contributed by atoms with Crippen molar-refractivity contribution < 1.29 is 23.7 Å². The van der Waals surface area contributed by atoms with Crippen molar-refractivity contribution >= 4 is 23.5 Å². The number of H-pyrrole nitrogens is 1. The summed E-state index contributed by atoms with van der Waals surface area (Å²) in [7, 11) is 4.51. The van der Waals surface area contributed by atoms with Crippen LogP contribution >= 0.6 is 11.8 Å². The number of aromatic nitrogens is 2. The number of hydrogen-bond donors (Lipinski definition) is 2. The van der Waals surface area contributed by atoms with E-state index in [4.69, 9.17) is 18.9 Å². The van der Waals surface area contributed by atoms with Gasteiger partial charge in [-0.1, -0.05) is 11.8 Å². The van der Waals surface area contributed by atoms with Crippen molar-refractivity contribution in [2.24, 2.45) is 0 Å². The molecule has 0 radical (unpaired) electrons. The van der Waals surface area contributed by atoms with E-state index in [2.05, 4.69) is 15.3 Å². The maximum Gasteiger partial charge on any atom is 0.336 e. The van der Waals surface area contributed by atoms with Crippen LogP contribution in [0.15, 0.2) is 33.4 Å². The molecular formula is C21H25N3O6S. The number of methoxy groups -OCH3 is 3. The van der Waals surface area contributed by atoms with Crippen LogP contribution in [0.3, 0.4) is 0 Å². The summed E-state index contributed by atoms with van der Waals surface area (Å²) in [5.41, 5.74) is 1.42. The van der Waals surface area contributed by atoms with E-state index in [1.165, 1.54) is 33.1 Å². The van der Waals surface area contributed by atoms with E-state index >= 15 is 0 Å². The second kappa shape index (κ2) is 9.34. The van der Waals surface area contributed by atoms with Gasteiger partial charge in [0.1, 0.15) is 5.82 Å². The minimum atomic E-state index is -0.754. The summed E-state index contributed by atoms with van der Waals surface area (Å²) in [5, 5.41) is 3.56. The largest absolute Gasteiger partial charge is 0.493 e. The summed E-state index contributed by atoms with van der Waals surface area (Å²) in [5.74, 6) is 0.329. The number of thioether (sulfide) groups is 1. The molecule has 1 atom stereocenters. The average Bonchev–Trinajstić information content (AvgIpc) is 2.76. The molecular weight excluding hydrogens is 422 g/mol. The first-order valence-corrected chi connectivity index (χ1v) is 10.8. The molecule has 10 heteroatoms. The number of carbonyl (C=O) groups is 1. The van der Waals surface area contributed by atoms with Gasteiger partial charge in [-0.05, 0) is 37.8 Å². The maximum atomic E-state index is 13.1. The van der Waals surface area contributed by atoms with Crippen molar-refractivity contribution in [3.05, 3.63) is 44.9 Å². The van der Waals surface area contributed by atoms with Crippen molar-refractivity contribution in [2.45, 2.75) is 24.9 Å². The van der Waals surface area contributed by atoms with Crippen LogP contribution in [0.1, 0.15) is 30.9 Å². The predicted octanol–water partition coefficient (Wildman–Crippen LogP) is 2.91. The summed E-state index contributed by atoms with van der Waals surface area (Å²) in [6.45, 7) is 3.68. The maximum absolute atomic E-state index is 13.1. The molecule has 9 nitrogen and oxygen atoms in total. The summed E-state index contributed by atoms with van der Waals surface area (Å²) in [6.07, 6.45) is 1.82. The van der Waals surface area contributed by atoms with Crippen LogP contribution in [0, 0.1) is 0 Å². The van der Waals surface area contributed by atoms with Crippen molar-refractivity contribution in [3.8, 4) is 17.2 Å². The third-order valence-corrected chi connectivity index (χ3v) is 5.51. The van der Waals surface area contributed by atoms with Gasteiger partial charge in [-0.3, -0.25) is 4.79 Å². The fraction of sp³-hybridized carbons (Fsp3) is 0.381. The standard InChI is InChI=1S/C21H25N3O6S/c1-7-30-20(26)14-10(2)22-18-16(19(25)24-21(23-18)31-6)15(14)11-8-12(27-3)17(29-5)13(9-11)28-4/h8-9,15H,7H2,1-6H3,(H2,22,23,24,25). The number of anilines is 1. The normalized spacial score (nSPS) is 15.1. The van der Waals surface area contributed by atoms with Crippen molar-refractivity contribution in [3.63, 3.8) is 0 Å². The van der Waals surface area contributed by atoms with Gasteiger partial charge >= 0.3 is 5.97 Å². The van der Waals surface area contributed by atoms with Gasteiger partial charge in [0.25, 0.3) is 5.56 Å². The molecule has 0 spiro atoms. The van der Waals surface area contributed by atoms with Crippen LogP contribution in [0.2, 0.25) is 0 Å². The first-order chi connectivity index (χ1) is 14.9. The number of fused-ring (bicyclic) bond motifs is 1. The number of nitrogens with one attached hydrogen (secondary N) is 2. The molecule has 1 unspecified atom stereocenters. The smallest absolute Gasteiger partial charge is 0.336 e. The number of allylic oxidation sites excluding steroid dienone is 1. The predicted molar refractivity (Wildman–Crippen MR) is 118 cm³/mol. The molecule has 0 bridgehead atoms. The van der Waals surface area contributed by atoms with Gasteiger partial charge in [0.2, 0.25) is 5.75 Å². The Hall–Kier alpha value is -3.14. The molecule has 0 amide bonds. The fourth-order valence-corrected chi connectivity index (χ4v) is 3.99. The SMILES string of the molecule is CCOC(=O)C1=C(C)Nc2nc(SC)[nH]c(=O)c2C1c1cc(OC)c(OC)c(OC)c1. The summed E-state index contributed by atoms with van der Waals surface area (Å²) < 4.78 is 21.7. The highest BCUT2D eigenvalue weighted by atomic mass is 32.2. The van der Waals surface area contributed by atoms with Crippen LogP contribution < -0.4 is 25.1 Å². The molecule has 1 aliphatic heterocycles. The molecule has 0 fully saturated rings. The van der Waals surface area contributed by atoms with Crippen LogP contribution in [0.25, 0.3) is 0 Å². The average molecular weight is 448 g/mol. The molecule has 2 N–H and O–H groups in total. The van der Waals surface area contributed by atoms with Crippen LogP contribution in [-0.4, -0.2) is 50.1 Å². The van der Waals surface area contributed by atoms with Crippen LogP contribution in [-0.2, 0) is 9.53 Å². The zero-order valence-electron chi connectivity index (χ0n) is 18.2. The Labute approximate surface area is 184 Å². The Morgan fingerprint density at radius 1 is 1.16 bits per heavy atom. The molecule has 3 rings (SSSR count). The van der Waals surface area contributed by atoms with E-state index in [9.17, 15) is 9.59 Å². The number of rotatable bonds is 7. The van der Waals surface area contributed by atoms with E-state index in [1.54, 1.807) is 26.0 Å². The van der Waals surface area contributed by atoms with E-state index in [0.29, 0.717) is 50.6 Å². The number of ether oxygens (including phenoxy) is 4. The Morgan fingerprint density at radius 2 is 1.81 bits per heavy atom. The number of aromatic amines is 1. The highest BCUT2D eigenvalue weighted by Gasteiger charge is 2.37. The minimum Gasteiger partial charge on any atom is -0.493 e. The number of carbonyl (C=O) groups excluding carboxylic acids is 1. The lowest BCUT2D eigenvalue weighted by Crippen LogP contribution is -2.31. The van der Waals surface area contributed by atoms with Gasteiger partial charge in [0.05, 0.1) is 45.0 Å². The van der Waals surface area contributed by atoms with Gasteiger partial charge in [0, 0.05) is 5.70 Å². The van der Waals surface area contributed by atoms with Crippen molar-refractivity contribution in [1.29, 1.82) is 0 Å². The van der Waals surface area contributed by atoms with E-state index in [1.807, 2.05) is 6.26 Å². The zero-order chi connectivity index (χ0) is 22.7. The number of hydrogen-bond acceptors (Lipinski definition) is 9. The van der Waals surface area contributed by atoms with Gasteiger partial charge in [-0.2, -0.15) is 0 Å². The monoisotopic (exact) mass is 447 g/mol. The molecule has 1 aliphatic rings. The van der Waals surface area contributed by atoms with Crippen molar-refractivity contribution in [2.75, 3.05) is 39.5 Å². The van der Waals surface area contributed by atoms with Gasteiger partial charge in [-0.15, -0.1) is 0 Å². The molecule has 31 heavy (non-hydrogen) atoms. The Kier molecular flexibility index (Phi) is 6.79. The molecule has 0 saturated carbocycles. The van der Waals surface area contributed by atoms with Crippen molar-refractivity contribution in [1.82, 2.24) is 9.97 Å². The van der Waals surface area contributed by atoms with Gasteiger partial charge < -0.3 is 29.2 Å². The van der Waals surface area contributed by atoms with E-state index in [-0.39, 0.29) is 12.2 Å². The molecule has 0 aliphatic carbocycles. The molecule has 1 aromatic carbocycles. The van der Waals surface area contributed by atoms with Crippen LogP contribution in [0.5, 0.6) is 17.2 Å². The second-order valence-corrected chi connectivity index (χ2v) is 7.41. The molecule has 2 heterocycles. The first-order valence-electron chi connectivity index (χ1n) is 9.53. The third kappa shape index (κ3) is 4.07. The summed E-state index contributed by atoms with van der Waals surface area (Å²) >= 11 is 1.32. The van der Waals surface area contributed by atoms with Gasteiger partial charge in [-0.25, -0.2) is 9.78 Å². The minimum absolute atomic E-state index is 0.199. The van der Waals surface area contributed by atoms with E-state index < -0.39 is 11.9 Å². The highest BCUT2D eigenvalue weighted by molar-refractivity contribution is 7.98. The molecule has 0 saturated heterocycles. The molecule has 166 valence electrons. The Balaban J connectivity index is 2.34. The Bertz CT molecular complexity index is 1070. The summed E-state index contributed by atoms with van der Waals surface area (Å²) in [4.78, 5) is 33.3. The fourth-order valence-electron chi connectivity index (χ4n) is 3.61. The van der Waals surface area contributed by atoms with Crippen LogP contribution in [0.4, 0.5) is 5.82 Å². The lowest BCUT2D eigenvalue weighted by Gasteiger charge is -2.29. The van der Waals surface area contributed by atoms with Gasteiger partial charge in [0.15, 0.2) is 16.7 Å². The topological polar surface area (TPSA) is 112 Å². The number of esters is 1. The quantitative estimate of drug-likeness (QED) is 0.376. The highest BCUT2D eigenvalue weighted by Crippen LogP contribution is 2.46. The Morgan fingerprint density at radius 3 is 2.32 bits per heavy atom. The lowest BCUT2D eigenvalue weighted by atomic mass is 9.82. The zero-order valence-corrected chi connectivity index (χ0v) is 19.1. The summed E-state index contributed by atoms with van der Waals surface area (Å²) in [6, 6.07) is 3.44. The molecule has 1 aromatic heterocycles.